The fourth-order valence-corrected chi connectivity index (χ4v) is 2.54. The Morgan fingerprint density at radius 1 is 1.36 bits per heavy atom. The second-order valence-corrected chi connectivity index (χ2v) is 5.32. The molecule has 0 unspecified atom stereocenters. The molecule has 118 valence electrons. The minimum Gasteiger partial charge on any atom is -0.431 e. The Hall–Kier alpha value is -1.85. The smallest absolute Gasteiger partial charge is 0.289 e. The molecule has 1 aromatic heterocycles. The van der Waals surface area contributed by atoms with Gasteiger partial charge in [-0.2, -0.15) is 0 Å². The Balaban J connectivity index is 0.00000176. The SMILES string of the molecule is Cc1nc(-c2ccccc2)oc1C(=O)N[C@H]1CCCNC1.Cl. The van der Waals surface area contributed by atoms with E-state index in [2.05, 4.69) is 15.6 Å². The zero-order valence-electron chi connectivity index (χ0n) is 12.5. The molecule has 1 atom stereocenters. The topological polar surface area (TPSA) is 67.2 Å². The molecule has 0 aliphatic carbocycles. The Kier molecular flexibility index (Phi) is 5.57. The number of aromatic nitrogens is 1. The van der Waals surface area contributed by atoms with Gasteiger partial charge in [-0.05, 0) is 38.4 Å². The van der Waals surface area contributed by atoms with E-state index in [1.807, 2.05) is 30.3 Å². The first-order chi connectivity index (χ1) is 10.2. The molecule has 1 aromatic carbocycles. The van der Waals surface area contributed by atoms with Gasteiger partial charge in [-0.1, -0.05) is 18.2 Å². The van der Waals surface area contributed by atoms with Crippen molar-refractivity contribution in [2.75, 3.05) is 13.1 Å². The molecular weight excluding hydrogens is 302 g/mol. The van der Waals surface area contributed by atoms with E-state index in [4.69, 9.17) is 4.42 Å². The van der Waals surface area contributed by atoms with Gasteiger partial charge in [-0.3, -0.25) is 4.79 Å². The van der Waals surface area contributed by atoms with Crippen molar-refractivity contribution in [3.8, 4) is 11.5 Å². The van der Waals surface area contributed by atoms with Gasteiger partial charge in [0.2, 0.25) is 11.7 Å². The van der Waals surface area contributed by atoms with E-state index in [0.29, 0.717) is 17.3 Å². The monoisotopic (exact) mass is 321 g/mol. The summed E-state index contributed by atoms with van der Waals surface area (Å²) in [5, 5.41) is 6.28. The molecule has 1 saturated heterocycles. The van der Waals surface area contributed by atoms with Crippen LogP contribution in [0.2, 0.25) is 0 Å². The lowest BCUT2D eigenvalue weighted by atomic mass is 10.1. The van der Waals surface area contributed by atoms with Gasteiger partial charge in [-0.15, -0.1) is 12.4 Å². The summed E-state index contributed by atoms with van der Waals surface area (Å²) in [6.45, 7) is 3.63. The highest BCUT2D eigenvalue weighted by atomic mass is 35.5. The minimum absolute atomic E-state index is 0. The number of piperidine rings is 1. The quantitative estimate of drug-likeness (QED) is 0.911. The van der Waals surface area contributed by atoms with E-state index >= 15 is 0 Å². The van der Waals surface area contributed by atoms with Crippen molar-refractivity contribution in [3.63, 3.8) is 0 Å². The maximum atomic E-state index is 12.3. The maximum Gasteiger partial charge on any atom is 0.289 e. The van der Waals surface area contributed by atoms with Crippen molar-refractivity contribution in [1.82, 2.24) is 15.6 Å². The van der Waals surface area contributed by atoms with E-state index in [1.54, 1.807) is 6.92 Å². The van der Waals surface area contributed by atoms with Crippen LogP contribution in [0.5, 0.6) is 0 Å². The highest BCUT2D eigenvalue weighted by Gasteiger charge is 2.22. The molecule has 1 aliphatic rings. The van der Waals surface area contributed by atoms with Crippen molar-refractivity contribution in [3.05, 3.63) is 41.8 Å². The lowest BCUT2D eigenvalue weighted by molar-refractivity contribution is 0.0902. The molecule has 0 saturated carbocycles. The van der Waals surface area contributed by atoms with Gasteiger partial charge in [0.05, 0.1) is 5.69 Å². The molecule has 5 nitrogen and oxygen atoms in total. The number of aryl methyl sites for hydroxylation is 1. The summed E-state index contributed by atoms with van der Waals surface area (Å²) in [7, 11) is 0. The number of rotatable bonds is 3. The Morgan fingerprint density at radius 2 is 2.14 bits per heavy atom. The molecule has 2 heterocycles. The molecule has 3 rings (SSSR count). The molecule has 1 aliphatic heterocycles. The van der Waals surface area contributed by atoms with Gasteiger partial charge in [0, 0.05) is 18.2 Å². The van der Waals surface area contributed by atoms with Crippen molar-refractivity contribution in [2.24, 2.45) is 0 Å². The van der Waals surface area contributed by atoms with E-state index in [-0.39, 0.29) is 24.4 Å². The van der Waals surface area contributed by atoms with Crippen molar-refractivity contribution < 1.29 is 9.21 Å². The van der Waals surface area contributed by atoms with Crippen LogP contribution < -0.4 is 10.6 Å². The first-order valence-electron chi connectivity index (χ1n) is 7.28. The second kappa shape index (κ2) is 7.42. The summed E-state index contributed by atoms with van der Waals surface area (Å²) in [5.41, 5.74) is 1.49. The number of halogens is 1. The lowest BCUT2D eigenvalue weighted by Crippen LogP contribution is -2.45. The normalized spacial score (nSPS) is 17.6. The molecule has 22 heavy (non-hydrogen) atoms. The predicted molar refractivity (Wildman–Crippen MR) is 87.3 cm³/mol. The maximum absolute atomic E-state index is 12.3. The molecule has 0 radical (unpaired) electrons. The summed E-state index contributed by atoms with van der Waals surface area (Å²) in [6, 6.07) is 9.76. The average molecular weight is 322 g/mol. The van der Waals surface area contributed by atoms with Crippen LogP contribution in [0, 0.1) is 6.92 Å². The zero-order chi connectivity index (χ0) is 14.7. The number of hydrogen-bond acceptors (Lipinski definition) is 4. The molecule has 6 heteroatoms. The summed E-state index contributed by atoms with van der Waals surface area (Å²) in [5.74, 6) is 0.607. The second-order valence-electron chi connectivity index (χ2n) is 5.32. The third-order valence-corrected chi connectivity index (χ3v) is 3.66. The van der Waals surface area contributed by atoms with Gasteiger partial charge in [0.25, 0.3) is 5.91 Å². The first kappa shape index (κ1) is 16.5. The van der Waals surface area contributed by atoms with Crippen LogP contribution in [0.25, 0.3) is 11.5 Å². The Morgan fingerprint density at radius 3 is 2.82 bits per heavy atom. The van der Waals surface area contributed by atoms with Crippen LogP contribution in [0.3, 0.4) is 0 Å². The minimum atomic E-state index is -0.184. The molecule has 2 aromatic rings. The molecule has 1 amide bonds. The van der Waals surface area contributed by atoms with Crippen LogP contribution in [-0.4, -0.2) is 30.0 Å². The lowest BCUT2D eigenvalue weighted by Gasteiger charge is -2.23. The largest absolute Gasteiger partial charge is 0.431 e. The van der Waals surface area contributed by atoms with Crippen LogP contribution in [0.1, 0.15) is 29.1 Å². The fourth-order valence-electron chi connectivity index (χ4n) is 2.54. The highest BCUT2D eigenvalue weighted by Crippen LogP contribution is 2.21. The third-order valence-electron chi connectivity index (χ3n) is 3.66. The summed E-state index contributed by atoms with van der Waals surface area (Å²) >= 11 is 0. The predicted octanol–water partition coefficient (Wildman–Crippen LogP) is 2.55. The molecule has 2 N–H and O–H groups in total. The number of carbonyl (C=O) groups excluding carboxylic acids is 1. The molecule has 0 spiro atoms. The number of hydrogen-bond donors (Lipinski definition) is 2. The average Bonchev–Trinajstić information content (AvgIpc) is 2.91. The number of nitrogens with zero attached hydrogens (tertiary/aromatic N) is 1. The van der Waals surface area contributed by atoms with E-state index < -0.39 is 0 Å². The number of carbonyl (C=O) groups is 1. The van der Waals surface area contributed by atoms with Crippen LogP contribution in [-0.2, 0) is 0 Å². The Bertz CT molecular complexity index is 622. The van der Waals surface area contributed by atoms with Gasteiger partial charge in [0.15, 0.2) is 0 Å². The van der Waals surface area contributed by atoms with Crippen molar-refractivity contribution in [2.45, 2.75) is 25.8 Å². The zero-order valence-corrected chi connectivity index (χ0v) is 13.3. The van der Waals surface area contributed by atoms with Crippen molar-refractivity contribution >= 4 is 18.3 Å². The number of amides is 1. The van der Waals surface area contributed by atoms with E-state index in [0.717, 1.165) is 31.5 Å². The van der Waals surface area contributed by atoms with Crippen LogP contribution in [0.4, 0.5) is 0 Å². The molecular formula is C16H20ClN3O2. The molecule has 0 bridgehead atoms. The fraction of sp³-hybridized carbons (Fsp3) is 0.375. The highest BCUT2D eigenvalue weighted by molar-refractivity contribution is 5.93. The van der Waals surface area contributed by atoms with Gasteiger partial charge in [0.1, 0.15) is 0 Å². The number of benzene rings is 1. The Labute approximate surface area is 135 Å². The third kappa shape index (κ3) is 3.67. The van der Waals surface area contributed by atoms with Crippen LogP contribution >= 0.6 is 12.4 Å². The van der Waals surface area contributed by atoms with E-state index in [1.165, 1.54) is 0 Å². The van der Waals surface area contributed by atoms with Crippen molar-refractivity contribution in [1.29, 1.82) is 0 Å². The number of oxazole rings is 1. The summed E-state index contributed by atoms with van der Waals surface area (Å²) in [4.78, 5) is 16.7. The first-order valence-corrected chi connectivity index (χ1v) is 7.28. The molecule has 1 fully saturated rings. The van der Waals surface area contributed by atoms with E-state index in [9.17, 15) is 4.79 Å². The summed E-state index contributed by atoms with van der Waals surface area (Å²) < 4.78 is 5.66. The standard InChI is InChI=1S/C16H19N3O2.ClH/c1-11-14(15(20)19-13-8-5-9-17-10-13)21-16(18-11)12-6-3-2-4-7-12;/h2-4,6-7,13,17H,5,8-10H2,1H3,(H,19,20);1H/t13-;/m0./s1. The summed E-state index contributed by atoms with van der Waals surface area (Å²) in [6.07, 6.45) is 2.08. The van der Waals surface area contributed by atoms with Gasteiger partial charge >= 0.3 is 0 Å². The number of nitrogens with one attached hydrogen (secondary N) is 2. The van der Waals surface area contributed by atoms with Gasteiger partial charge < -0.3 is 15.1 Å². The van der Waals surface area contributed by atoms with Crippen LogP contribution in [0.15, 0.2) is 34.7 Å². The van der Waals surface area contributed by atoms with Gasteiger partial charge in [-0.25, -0.2) is 4.98 Å².